The predicted molar refractivity (Wildman–Crippen MR) is 68.6 cm³/mol. The molecule has 102 valence electrons. The monoisotopic (exact) mass is 284 g/mol. The molecule has 0 aromatic heterocycles. The molecule has 0 aliphatic heterocycles. The van der Waals surface area contributed by atoms with E-state index >= 15 is 0 Å². The maximum Gasteiger partial charge on any atom is 0.405 e. The number of aryl methyl sites for hydroxylation is 1. The van der Waals surface area contributed by atoms with Crippen LogP contribution in [0.1, 0.15) is 23.6 Å². The van der Waals surface area contributed by atoms with Crippen molar-refractivity contribution in [3.63, 3.8) is 0 Å². The number of hydrogen-bond acceptors (Lipinski definition) is 2. The van der Waals surface area contributed by atoms with Gasteiger partial charge < -0.3 is 20.8 Å². The van der Waals surface area contributed by atoms with Gasteiger partial charge in [0.2, 0.25) is 0 Å². The Labute approximate surface area is 114 Å². The Morgan fingerprint density at radius 3 is 2.53 bits per heavy atom. The summed E-state index contributed by atoms with van der Waals surface area (Å²) in [4.78, 5) is 21.7. The lowest BCUT2D eigenvalue weighted by Gasteiger charge is -2.33. The van der Waals surface area contributed by atoms with Gasteiger partial charge in [0.1, 0.15) is 0 Å². The molecule has 1 aromatic rings. The SMILES string of the molecule is O=C(O)N[C@H]1CCc2cccc(Cl)c2[C@H]1NC(=O)O. The zero-order chi connectivity index (χ0) is 14.0. The average Bonchev–Trinajstić information content (AvgIpc) is 2.31. The molecule has 2 amide bonds. The first kappa shape index (κ1) is 13.5. The second-order valence-electron chi connectivity index (χ2n) is 4.33. The van der Waals surface area contributed by atoms with Gasteiger partial charge in [0.25, 0.3) is 0 Å². The van der Waals surface area contributed by atoms with Crippen molar-refractivity contribution in [1.29, 1.82) is 0 Å². The molecular formula is C12H13ClN2O4. The zero-order valence-electron chi connectivity index (χ0n) is 9.89. The van der Waals surface area contributed by atoms with Gasteiger partial charge in [-0.05, 0) is 30.0 Å². The van der Waals surface area contributed by atoms with Crippen molar-refractivity contribution in [1.82, 2.24) is 10.6 Å². The molecule has 0 unspecified atom stereocenters. The van der Waals surface area contributed by atoms with Gasteiger partial charge in [-0.2, -0.15) is 0 Å². The molecule has 0 radical (unpaired) electrons. The molecule has 1 aliphatic rings. The third kappa shape index (κ3) is 2.90. The Morgan fingerprint density at radius 1 is 1.21 bits per heavy atom. The highest BCUT2D eigenvalue weighted by Gasteiger charge is 2.33. The average molecular weight is 285 g/mol. The standard InChI is InChI=1S/C12H13ClN2O4/c13-7-3-1-2-6-4-5-8(14-11(16)17)10(9(6)7)15-12(18)19/h1-3,8,10,14-15H,4-5H2,(H,16,17)(H,18,19)/t8-,10-/m0/s1. The summed E-state index contributed by atoms with van der Waals surface area (Å²) in [6.07, 6.45) is -1.23. The number of carbonyl (C=O) groups is 2. The maximum absolute atomic E-state index is 10.9. The van der Waals surface area contributed by atoms with Gasteiger partial charge >= 0.3 is 12.2 Å². The van der Waals surface area contributed by atoms with Crippen LogP contribution in [-0.4, -0.2) is 28.4 Å². The summed E-state index contributed by atoms with van der Waals surface area (Å²) in [5, 5.41) is 22.8. The van der Waals surface area contributed by atoms with Crippen LogP contribution >= 0.6 is 11.6 Å². The molecule has 0 heterocycles. The molecule has 0 bridgehead atoms. The minimum atomic E-state index is -1.21. The van der Waals surface area contributed by atoms with E-state index in [0.717, 1.165) is 5.56 Å². The molecule has 1 aliphatic carbocycles. The Balaban J connectivity index is 2.39. The van der Waals surface area contributed by atoms with Crippen LogP contribution in [0.4, 0.5) is 9.59 Å². The molecular weight excluding hydrogens is 272 g/mol. The number of nitrogens with one attached hydrogen (secondary N) is 2. The lowest BCUT2D eigenvalue weighted by molar-refractivity contribution is 0.172. The number of rotatable bonds is 2. The van der Waals surface area contributed by atoms with Gasteiger partial charge in [-0.15, -0.1) is 0 Å². The van der Waals surface area contributed by atoms with Crippen LogP contribution in [0, 0.1) is 0 Å². The number of fused-ring (bicyclic) bond motifs is 1. The fourth-order valence-corrected chi connectivity index (χ4v) is 2.76. The van der Waals surface area contributed by atoms with Gasteiger partial charge in [0.05, 0.1) is 12.1 Å². The highest BCUT2D eigenvalue weighted by Crippen LogP contribution is 2.35. The number of amides is 2. The number of halogens is 1. The number of benzene rings is 1. The maximum atomic E-state index is 10.9. The van der Waals surface area contributed by atoms with Crippen molar-refractivity contribution >= 4 is 23.8 Å². The summed E-state index contributed by atoms with van der Waals surface area (Å²) in [5.74, 6) is 0. The van der Waals surface area contributed by atoms with E-state index in [1.807, 2.05) is 6.07 Å². The lowest BCUT2D eigenvalue weighted by Crippen LogP contribution is -2.48. The molecule has 0 fully saturated rings. The quantitative estimate of drug-likeness (QED) is 0.669. The first-order valence-corrected chi connectivity index (χ1v) is 6.13. The van der Waals surface area contributed by atoms with Crippen molar-refractivity contribution in [2.24, 2.45) is 0 Å². The summed E-state index contributed by atoms with van der Waals surface area (Å²) in [7, 11) is 0. The van der Waals surface area contributed by atoms with Crippen LogP contribution in [0.15, 0.2) is 18.2 Å². The van der Waals surface area contributed by atoms with Crippen molar-refractivity contribution in [3.05, 3.63) is 34.3 Å². The first-order valence-electron chi connectivity index (χ1n) is 5.75. The molecule has 6 nitrogen and oxygen atoms in total. The molecule has 0 saturated heterocycles. The van der Waals surface area contributed by atoms with E-state index in [2.05, 4.69) is 10.6 Å². The van der Waals surface area contributed by atoms with Crippen LogP contribution in [0.3, 0.4) is 0 Å². The van der Waals surface area contributed by atoms with E-state index in [-0.39, 0.29) is 0 Å². The Hall–Kier alpha value is -1.95. The van der Waals surface area contributed by atoms with Gasteiger partial charge in [0.15, 0.2) is 0 Å². The molecule has 0 saturated carbocycles. The van der Waals surface area contributed by atoms with Crippen LogP contribution in [-0.2, 0) is 6.42 Å². The summed E-state index contributed by atoms with van der Waals surface area (Å²) in [6, 6.07) is 4.13. The third-order valence-corrected chi connectivity index (χ3v) is 3.50. The zero-order valence-corrected chi connectivity index (χ0v) is 10.6. The highest BCUT2D eigenvalue weighted by molar-refractivity contribution is 6.31. The summed E-state index contributed by atoms with van der Waals surface area (Å²) in [5.41, 5.74) is 1.59. The van der Waals surface area contributed by atoms with Crippen molar-refractivity contribution in [2.45, 2.75) is 24.9 Å². The topological polar surface area (TPSA) is 98.7 Å². The van der Waals surface area contributed by atoms with Crippen LogP contribution in [0.2, 0.25) is 5.02 Å². The predicted octanol–water partition coefficient (Wildman–Crippen LogP) is 2.23. The van der Waals surface area contributed by atoms with Crippen LogP contribution < -0.4 is 10.6 Å². The first-order chi connectivity index (χ1) is 8.99. The lowest BCUT2D eigenvalue weighted by atomic mass is 9.84. The second-order valence-corrected chi connectivity index (χ2v) is 4.74. The fraction of sp³-hybridized carbons (Fsp3) is 0.333. The van der Waals surface area contributed by atoms with Gasteiger partial charge in [0, 0.05) is 5.02 Å². The van der Waals surface area contributed by atoms with Gasteiger partial charge in [-0.25, -0.2) is 9.59 Å². The normalized spacial score (nSPS) is 21.3. The second kappa shape index (κ2) is 5.36. The van der Waals surface area contributed by atoms with Crippen molar-refractivity contribution in [2.75, 3.05) is 0 Å². The minimum Gasteiger partial charge on any atom is -0.465 e. The van der Waals surface area contributed by atoms with E-state index in [0.29, 0.717) is 23.4 Å². The fourth-order valence-electron chi connectivity index (χ4n) is 2.45. The van der Waals surface area contributed by atoms with E-state index in [1.165, 1.54) is 0 Å². The third-order valence-electron chi connectivity index (χ3n) is 3.17. The number of hydrogen-bond donors (Lipinski definition) is 4. The van der Waals surface area contributed by atoms with E-state index in [9.17, 15) is 9.59 Å². The minimum absolute atomic E-state index is 0.438. The Kier molecular flexibility index (Phi) is 3.80. The van der Waals surface area contributed by atoms with Crippen LogP contribution in [0.25, 0.3) is 0 Å². The number of carboxylic acid groups (broad SMARTS) is 2. The smallest absolute Gasteiger partial charge is 0.405 e. The molecule has 19 heavy (non-hydrogen) atoms. The van der Waals surface area contributed by atoms with E-state index in [1.54, 1.807) is 12.1 Å². The Bertz CT molecular complexity index is 520. The Morgan fingerprint density at radius 2 is 1.89 bits per heavy atom. The van der Waals surface area contributed by atoms with Gasteiger partial charge in [-0.1, -0.05) is 23.7 Å². The molecule has 4 N–H and O–H groups in total. The molecule has 2 rings (SSSR count). The molecule has 0 spiro atoms. The molecule has 7 heteroatoms. The molecule has 2 atom stereocenters. The van der Waals surface area contributed by atoms with E-state index in [4.69, 9.17) is 21.8 Å². The largest absolute Gasteiger partial charge is 0.465 e. The summed E-state index contributed by atoms with van der Waals surface area (Å²) < 4.78 is 0. The van der Waals surface area contributed by atoms with Gasteiger partial charge in [-0.3, -0.25) is 0 Å². The highest BCUT2D eigenvalue weighted by atomic mass is 35.5. The summed E-state index contributed by atoms with van der Waals surface area (Å²) in [6.45, 7) is 0. The van der Waals surface area contributed by atoms with Crippen molar-refractivity contribution < 1.29 is 19.8 Å². The summed E-state index contributed by atoms with van der Waals surface area (Å²) >= 11 is 6.11. The molecule has 1 aromatic carbocycles. The van der Waals surface area contributed by atoms with Crippen molar-refractivity contribution in [3.8, 4) is 0 Å². The van der Waals surface area contributed by atoms with E-state index < -0.39 is 24.3 Å². The van der Waals surface area contributed by atoms with Crippen LogP contribution in [0.5, 0.6) is 0 Å².